The molecule has 0 spiro atoms. The van der Waals surface area contributed by atoms with Gasteiger partial charge >= 0.3 is 0 Å². The Morgan fingerprint density at radius 3 is 2.47 bits per heavy atom. The molecule has 2 aromatic rings. The van der Waals surface area contributed by atoms with Gasteiger partial charge in [-0.2, -0.15) is 0 Å². The molecule has 0 aliphatic rings. The van der Waals surface area contributed by atoms with Crippen molar-refractivity contribution in [3.05, 3.63) is 71.3 Å². The van der Waals surface area contributed by atoms with Crippen LogP contribution in [0.3, 0.4) is 0 Å². The molecule has 4 heteroatoms. The van der Waals surface area contributed by atoms with E-state index in [0.717, 1.165) is 23.3 Å². The van der Waals surface area contributed by atoms with Gasteiger partial charge in [-0.15, -0.1) is 0 Å². The van der Waals surface area contributed by atoms with Crippen LogP contribution in [0.2, 0.25) is 5.02 Å². The first-order valence-electron chi connectivity index (χ1n) is 5.69. The summed E-state index contributed by atoms with van der Waals surface area (Å²) >= 11 is 5.79. The molecule has 2 aromatic carbocycles. The topological polar surface area (TPSA) is 12.0 Å². The van der Waals surface area contributed by atoms with E-state index in [1.54, 1.807) is 0 Å². The van der Waals surface area contributed by atoms with Crippen LogP contribution < -0.4 is 5.32 Å². The summed E-state index contributed by atoms with van der Waals surface area (Å²) in [6.45, 7) is 4.24. The second-order valence-corrected chi connectivity index (χ2v) is 4.47. The smallest absolute Gasteiger partial charge is 0.150 e. The number of benzene rings is 2. The first-order valence-corrected chi connectivity index (χ1v) is 6.07. The summed E-state index contributed by atoms with van der Waals surface area (Å²) < 4.78 is 26.4. The van der Waals surface area contributed by atoms with Crippen molar-refractivity contribution in [3.8, 4) is 0 Å². The molecule has 19 heavy (non-hydrogen) atoms. The number of anilines is 1. The number of rotatable bonds is 4. The summed E-state index contributed by atoms with van der Waals surface area (Å²) in [4.78, 5) is 0. The van der Waals surface area contributed by atoms with Crippen molar-refractivity contribution in [2.75, 3.05) is 11.9 Å². The molecule has 0 aliphatic heterocycles. The Morgan fingerprint density at radius 2 is 1.84 bits per heavy atom. The summed E-state index contributed by atoms with van der Waals surface area (Å²) in [6.07, 6.45) is 0. The van der Waals surface area contributed by atoms with Gasteiger partial charge in [0.05, 0.1) is 10.7 Å². The van der Waals surface area contributed by atoms with Crippen molar-refractivity contribution < 1.29 is 8.78 Å². The number of halogens is 3. The minimum Gasteiger partial charge on any atom is -0.377 e. The second kappa shape index (κ2) is 5.85. The van der Waals surface area contributed by atoms with Crippen LogP contribution in [0.5, 0.6) is 0 Å². The van der Waals surface area contributed by atoms with Crippen molar-refractivity contribution >= 4 is 22.9 Å². The molecule has 1 N–H and O–H groups in total. The van der Waals surface area contributed by atoms with E-state index >= 15 is 0 Å². The molecular formula is C15H12ClF2N. The molecule has 0 saturated carbocycles. The van der Waals surface area contributed by atoms with Gasteiger partial charge in [-0.25, -0.2) is 8.78 Å². The van der Waals surface area contributed by atoms with Gasteiger partial charge in [-0.3, -0.25) is 0 Å². The van der Waals surface area contributed by atoms with Crippen LogP contribution in [-0.4, -0.2) is 6.54 Å². The maximum absolute atomic E-state index is 13.5. The summed E-state index contributed by atoms with van der Waals surface area (Å²) in [5.74, 6) is -1.42. The second-order valence-electron chi connectivity index (χ2n) is 4.07. The standard InChI is InChI=1S/C15H12ClF2N/c1-10(11-5-3-2-4-6-11)9-19-15-13(16)7-12(17)8-14(15)18/h2-8,19H,1,9H2. The SMILES string of the molecule is C=C(CNc1c(F)cc(F)cc1Cl)c1ccccc1. The molecule has 0 unspecified atom stereocenters. The van der Waals surface area contributed by atoms with Gasteiger partial charge in [0, 0.05) is 12.6 Å². The van der Waals surface area contributed by atoms with Gasteiger partial charge in [-0.05, 0) is 17.2 Å². The fourth-order valence-corrected chi connectivity index (χ4v) is 1.94. The van der Waals surface area contributed by atoms with Crippen LogP contribution in [0.25, 0.3) is 5.57 Å². The molecule has 0 fully saturated rings. The van der Waals surface area contributed by atoms with E-state index in [2.05, 4.69) is 11.9 Å². The quantitative estimate of drug-likeness (QED) is 0.852. The Hall–Kier alpha value is -1.87. The minimum atomic E-state index is -0.717. The zero-order chi connectivity index (χ0) is 13.8. The lowest BCUT2D eigenvalue weighted by atomic mass is 10.1. The van der Waals surface area contributed by atoms with Crippen molar-refractivity contribution in [2.45, 2.75) is 0 Å². The molecule has 0 aromatic heterocycles. The lowest BCUT2D eigenvalue weighted by Gasteiger charge is -2.11. The summed E-state index contributed by atoms with van der Waals surface area (Å²) in [7, 11) is 0. The van der Waals surface area contributed by atoms with Crippen LogP contribution in [0.4, 0.5) is 14.5 Å². The number of nitrogens with one attached hydrogen (secondary N) is 1. The highest BCUT2D eigenvalue weighted by Gasteiger charge is 2.10. The average molecular weight is 280 g/mol. The summed E-state index contributed by atoms with van der Waals surface area (Å²) in [5.41, 5.74) is 1.83. The predicted octanol–water partition coefficient (Wildman–Crippen LogP) is 4.74. The van der Waals surface area contributed by atoms with Gasteiger partial charge in [-0.1, -0.05) is 48.5 Å². The maximum Gasteiger partial charge on any atom is 0.150 e. The third-order valence-electron chi connectivity index (χ3n) is 2.67. The minimum absolute atomic E-state index is 0.0124. The van der Waals surface area contributed by atoms with E-state index in [1.165, 1.54) is 0 Å². The third kappa shape index (κ3) is 3.32. The van der Waals surface area contributed by atoms with E-state index < -0.39 is 11.6 Å². The van der Waals surface area contributed by atoms with Crippen LogP contribution in [0.15, 0.2) is 49.0 Å². The van der Waals surface area contributed by atoms with Gasteiger partial charge in [0.1, 0.15) is 5.82 Å². The Balaban J connectivity index is 2.10. The molecule has 0 atom stereocenters. The van der Waals surface area contributed by atoms with Crippen molar-refractivity contribution in [2.24, 2.45) is 0 Å². The molecule has 0 radical (unpaired) electrons. The van der Waals surface area contributed by atoms with E-state index in [-0.39, 0.29) is 10.7 Å². The van der Waals surface area contributed by atoms with E-state index in [1.807, 2.05) is 30.3 Å². The van der Waals surface area contributed by atoms with Crippen molar-refractivity contribution in [1.29, 1.82) is 0 Å². The predicted molar refractivity (Wildman–Crippen MR) is 75.3 cm³/mol. The summed E-state index contributed by atoms with van der Waals surface area (Å²) in [5, 5.41) is 2.85. The molecule has 0 amide bonds. The van der Waals surface area contributed by atoms with Gasteiger partial charge < -0.3 is 5.32 Å². The fourth-order valence-electron chi connectivity index (χ4n) is 1.68. The monoisotopic (exact) mass is 279 g/mol. The zero-order valence-corrected chi connectivity index (χ0v) is 10.8. The Morgan fingerprint density at radius 1 is 1.16 bits per heavy atom. The number of hydrogen-bond acceptors (Lipinski definition) is 1. The van der Waals surface area contributed by atoms with Crippen LogP contribution in [0, 0.1) is 11.6 Å². The van der Waals surface area contributed by atoms with Gasteiger partial charge in [0.2, 0.25) is 0 Å². The van der Waals surface area contributed by atoms with E-state index in [0.29, 0.717) is 6.54 Å². The van der Waals surface area contributed by atoms with E-state index in [4.69, 9.17) is 11.6 Å². The highest BCUT2D eigenvalue weighted by atomic mass is 35.5. The third-order valence-corrected chi connectivity index (χ3v) is 2.97. The highest BCUT2D eigenvalue weighted by molar-refractivity contribution is 6.33. The largest absolute Gasteiger partial charge is 0.377 e. The van der Waals surface area contributed by atoms with Crippen LogP contribution >= 0.6 is 11.6 Å². The van der Waals surface area contributed by atoms with Crippen molar-refractivity contribution in [3.63, 3.8) is 0 Å². The zero-order valence-electron chi connectivity index (χ0n) is 10.1. The Bertz CT molecular complexity index is 573. The fraction of sp³-hybridized carbons (Fsp3) is 0.0667. The Kier molecular flexibility index (Phi) is 4.17. The maximum atomic E-state index is 13.5. The lowest BCUT2D eigenvalue weighted by molar-refractivity contribution is 0.585. The Labute approximate surface area is 115 Å². The normalized spacial score (nSPS) is 10.3. The van der Waals surface area contributed by atoms with Gasteiger partial charge in [0.15, 0.2) is 5.82 Å². The average Bonchev–Trinajstić information content (AvgIpc) is 2.38. The first-order chi connectivity index (χ1) is 9.08. The molecule has 1 nitrogen and oxygen atoms in total. The number of hydrogen-bond donors (Lipinski definition) is 1. The molecule has 0 heterocycles. The first kappa shape index (κ1) is 13.6. The lowest BCUT2D eigenvalue weighted by Crippen LogP contribution is -2.06. The molecule has 2 rings (SSSR count). The van der Waals surface area contributed by atoms with E-state index in [9.17, 15) is 8.78 Å². The molecular weight excluding hydrogens is 268 g/mol. The highest BCUT2D eigenvalue weighted by Crippen LogP contribution is 2.27. The van der Waals surface area contributed by atoms with Crippen LogP contribution in [-0.2, 0) is 0 Å². The molecule has 0 bridgehead atoms. The molecule has 98 valence electrons. The van der Waals surface area contributed by atoms with Crippen LogP contribution in [0.1, 0.15) is 5.56 Å². The summed E-state index contributed by atoms with van der Waals surface area (Å²) in [6, 6.07) is 11.4. The van der Waals surface area contributed by atoms with Crippen molar-refractivity contribution in [1.82, 2.24) is 0 Å². The molecule has 0 saturated heterocycles. The molecule has 0 aliphatic carbocycles. The van der Waals surface area contributed by atoms with Gasteiger partial charge in [0.25, 0.3) is 0 Å².